The topological polar surface area (TPSA) is 53.2 Å². The van der Waals surface area contributed by atoms with Crippen molar-refractivity contribution >= 4 is 0 Å². The van der Waals surface area contributed by atoms with E-state index in [-0.39, 0.29) is 18.8 Å². The van der Waals surface area contributed by atoms with Crippen molar-refractivity contribution in [2.45, 2.75) is 19.1 Å². The van der Waals surface area contributed by atoms with Crippen LogP contribution in [-0.4, -0.2) is 17.8 Å². The maximum atomic E-state index is 12.5. The Labute approximate surface area is 87.7 Å². The second kappa shape index (κ2) is 6.12. The number of rotatable bonds is 5. The van der Waals surface area contributed by atoms with Crippen LogP contribution in [0.2, 0.25) is 0 Å². The van der Waals surface area contributed by atoms with Crippen LogP contribution in [0.15, 0.2) is 24.3 Å². The van der Waals surface area contributed by atoms with Crippen LogP contribution >= 0.6 is 0 Å². The lowest BCUT2D eigenvalue weighted by atomic mass is 10.2. The molecule has 0 radical (unpaired) electrons. The normalized spacial score (nSPS) is 12.1. The Morgan fingerprint density at radius 2 is 2.07 bits per heavy atom. The first kappa shape index (κ1) is 11.6. The summed E-state index contributed by atoms with van der Waals surface area (Å²) in [6.07, 6.45) is -0.695. The van der Waals surface area contributed by atoms with Gasteiger partial charge in [0.15, 0.2) is 0 Å². The van der Waals surface area contributed by atoms with Crippen LogP contribution in [0.25, 0.3) is 0 Å². The van der Waals surface area contributed by atoms with Crippen LogP contribution in [0.3, 0.4) is 0 Å². The number of aliphatic hydroxyl groups excluding tert-OH is 1. The highest BCUT2D eigenvalue weighted by molar-refractivity contribution is 5.14. The lowest BCUT2D eigenvalue weighted by molar-refractivity contribution is 0.0309. The molecule has 4 heteroatoms. The van der Waals surface area contributed by atoms with Crippen molar-refractivity contribution in [1.82, 2.24) is 0 Å². The Kier molecular flexibility index (Phi) is 4.75. The molecule has 0 aliphatic heterocycles. The maximum Gasteiger partial charge on any atom is 0.123 e. The van der Waals surface area contributed by atoms with E-state index in [1.54, 1.807) is 12.1 Å². The average Bonchev–Trinajstić information content (AvgIpc) is 2.21. The smallest absolute Gasteiger partial charge is 0.123 e. The fourth-order valence-electron chi connectivity index (χ4n) is 1.06. The van der Waals surface area contributed by atoms with Gasteiger partial charge in [-0.2, -0.15) is 5.26 Å². The first-order valence-electron chi connectivity index (χ1n) is 4.59. The van der Waals surface area contributed by atoms with Crippen LogP contribution in [0.4, 0.5) is 4.39 Å². The van der Waals surface area contributed by atoms with Crippen molar-refractivity contribution in [2.24, 2.45) is 0 Å². The van der Waals surface area contributed by atoms with Crippen LogP contribution in [0, 0.1) is 17.1 Å². The van der Waals surface area contributed by atoms with Crippen molar-refractivity contribution in [3.8, 4) is 6.07 Å². The minimum Gasteiger partial charge on any atom is -0.390 e. The van der Waals surface area contributed by atoms with Crippen molar-refractivity contribution < 1.29 is 14.2 Å². The molecule has 1 N–H and O–H groups in total. The summed E-state index contributed by atoms with van der Waals surface area (Å²) in [6, 6.07) is 7.78. The van der Waals surface area contributed by atoms with Crippen LogP contribution < -0.4 is 0 Å². The molecule has 0 fully saturated rings. The summed E-state index contributed by atoms with van der Waals surface area (Å²) in [6.45, 7) is 0.424. The van der Waals surface area contributed by atoms with Gasteiger partial charge in [0.2, 0.25) is 0 Å². The van der Waals surface area contributed by atoms with Crippen molar-refractivity contribution in [2.75, 3.05) is 6.61 Å². The summed E-state index contributed by atoms with van der Waals surface area (Å²) in [5, 5.41) is 17.4. The molecule has 80 valence electrons. The first-order chi connectivity index (χ1) is 7.22. The minimum absolute atomic E-state index is 0.0589. The SMILES string of the molecule is N#CC[C@H](O)COCc1ccc(F)cc1. The van der Waals surface area contributed by atoms with Gasteiger partial charge in [0.05, 0.1) is 31.8 Å². The molecule has 0 bridgehead atoms. The van der Waals surface area contributed by atoms with Crippen LogP contribution in [0.1, 0.15) is 12.0 Å². The molecule has 0 aliphatic rings. The average molecular weight is 209 g/mol. The number of hydrogen-bond acceptors (Lipinski definition) is 3. The molecular weight excluding hydrogens is 197 g/mol. The van der Waals surface area contributed by atoms with Gasteiger partial charge in [-0.25, -0.2) is 4.39 Å². The van der Waals surface area contributed by atoms with Crippen LogP contribution in [-0.2, 0) is 11.3 Å². The van der Waals surface area contributed by atoms with Crippen molar-refractivity contribution in [1.29, 1.82) is 5.26 Å². The number of halogens is 1. The van der Waals surface area contributed by atoms with E-state index in [9.17, 15) is 4.39 Å². The van der Waals surface area contributed by atoms with Gasteiger partial charge in [-0.3, -0.25) is 0 Å². The van der Waals surface area contributed by atoms with E-state index in [1.807, 2.05) is 6.07 Å². The fourth-order valence-corrected chi connectivity index (χ4v) is 1.06. The predicted molar refractivity (Wildman–Crippen MR) is 52.3 cm³/mol. The van der Waals surface area contributed by atoms with Gasteiger partial charge in [-0.15, -0.1) is 0 Å². The standard InChI is InChI=1S/C11H12FNO2/c12-10-3-1-9(2-4-10)7-15-8-11(14)5-6-13/h1-4,11,14H,5,7-8H2/t11-/m0/s1. The zero-order chi connectivity index (χ0) is 11.1. The molecule has 0 spiro atoms. The van der Waals surface area contributed by atoms with Crippen LogP contribution in [0.5, 0.6) is 0 Å². The van der Waals surface area contributed by atoms with Gasteiger partial charge in [0, 0.05) is 0 Å². The summed E-state index contributed by atoms with van der Waals surface area (Å²) < 4.78 is 17.7. The second-order valence-electron chi connectivity index (χ2n) is 3.16. The van der Waals surface area contributed by atoms with E-state index in [0.717, 1.165) is 5.56 Å². The summed E-state index contributed by atoms with van der Waals surface area (Å²) >= 11 is 0. The Morgan fingerprint density at radius 3 is 2.67 bits per heavy atom. The van der Waals surface area contributed by atoms with E-state index < -0.39 is 6.10 Å². The van der Waals surface area contributed by atoms with Gasteiger partial charge in [0.1, 0.15) is 5.82 Å². The molecule has 0 saturated carbocycles. The van der Waals surface area contributed by atoms with E-state index in [1.165, 1.54) is 12.1 Å². The van der Waals surface area contributed by atoms with Gasteiger partial charge in [-0.1, -0.05) is 12.1 Å². The van der Waals surface area contributed by atoms with Gasteiger partial charge >= 0.3 is 0 Å². The number of hydrogen-bond donors (Lipinski definition) is 1. The molecule has 1 atom stereocenters. The number of nitrogens with zero attached hydrogens (tertiary/aromatic N) is 1. The fraction of sp³-hybridized carbons (Fsp3) is 0.364. The van der Waals surface area contributed by atoms with Crippen molar-refractivity contribution in [3.63, 3.8) is 0 Å². The molecular formula is C11H12FNO2. The summed E-state index contributed by atoms with van der Waals surface area (Å²) in [5.41, 5.74) is 0.834. The largest absolute Gasteiger partial charge is 0.390 e. The molecule has 1 aromatic carbocycles. The zero-order valence-corrected chi connectivity index (χ0v) is 8.19. The van der Waals surface area contributed by atoms with Gasteiger partial charge in [-0.05, 0) is 17.7 Å². The minimum atomic E-state index is -0.754. The van der Waals surface area contributed by atoms with Gasteiger partial charge in [0.25, 0.3) is 0 Å². The maximum absolute atomic E-state index is 12.5. The number of benzene rings is 1. The Hall–Kier alpha value is -1.44. The lowest BCUT2D eigenvalue weighted by Gasteiger charge is -2.07. The monoisotopic (exact) mass is 209 g/mol. The molecule has 0 unspecified atom stereocenters. The molecule has 0 amide bonds. The summed E-state index contributed by atoms with van der Waals surface area (Å²) in [4.78, 5) is 0. The van der Waals surface area contributed by atoms with E-state index in [0.29, 0.717) is 6.61 Å². The molecule has 3 nitrogen and oxygen atoms in total. The molecule has 0 aromatic heterocycles. The quantitative estimate of drug-likeness (QED) is 0.801. The molecule has 15 heavy (non-hydrogen) atoms. The number of aliphatic hydroxyl groups is 1. The van der Waals surface area contributed by atoms with E-state index in [2.05, 4.69) is 0 Å². The zero-order valence-electron chi connectivity index (χ0n) is 8.19. The van der Waals surface area contributed by atoms with Gasteiger partial charge < -0.3 is 9.84 Å². The van der Waals surface area contributed by atoms with E-state index in [4.69, 9.17) is 15.1 Å². The summed E-state index contributed by atoms with van der Waals surface area (Å²) in [7, 11) is 0. The molecule has 0 saturated heterocycles. The lowest BCUT2D eigenvalue weighted by Crippen LogP contribution is -2.14. The third kappa shape index (κ3) is 4.54. The van der Waals surface area contributed by atoms with Crippen molar-refractivity contribution in [3.05, 3.63) is 35.6 Å². The molecule has 1 aromatic rings. The predicted octanol–water partition coefficient (Wildman–Crippen LogP) is 1.62. The Balaban J connectivity index is 2.26. The molecule has 0 aliphatic carbocycles. The highest BCUT2D eigenvalue weighted by atomic mass is 19.1. The number of ether oxygens (including phenoxy) is 1. The highest BCUT2D eigenvalue weighted by Crippen LogP contribution is 2.04. The highest BCUT2D eigenvalue weighted by Gasteiger charge is 2.03. The number of nitriles is 1. The second-order valence-corrected chi connectivity index (χ2v) is 3.16. The summed E-state index contributed by atoms with van der Waals surface area (Å²) in [5.74, 6) is -0.289. The Bertz CT molecular complexity index is 331. The third-order valence-electron chi connectivity index (χ3n) is 1.82. The first-order valence-corrected chi connectivity index (χ1v) is 4.59. The molecule has 1 rings (SSSR count). The Morgan fingerprint density at radius 1 is 1.40 bits per heavy atom. The third-order valence-corrected chi connectivity index (χ3v) is 1.82. The molecule has 0 heterocycles. The van der Waals surface area contributed by atoms with E-state index >= 15 is 0 Å².